The predicted octanol–water partition coefficient (Wildman–Crippen LogP) is 2.88. The molecule has 3 heterocycles. The van der Waals surface area contributed by atoms with E-state index in [0.717, 1.165) is 49.0 Å². The average Bonchev–Trinajstić information content (AvgIpc) is 3.14. The molecule has 7 heteroatoms. The number of aromatic nitrogens is 3. The number of aryl methyl sites for hydroxylation is 1. The van der Waals surface area contributed by atoms with Gasteiger partial charge in [0, 0.05) is 55.1 Å². The minimum absolute atomic E-state index is 0.612. The molecule has 0 bridgehead atoms. The summed E-state index contributed by atoms with van der Waals surface area (Å²) in [6, 6.07) is 0. The first-order valence-electron chi connectivity index (χ1n) is 7.24. The lowest BCUT2D eigenvalue weighted by atomic mass is 9.98. The molecule has 0 amide bonds. The van der Waals surface area contributed by atoms with Gasteiger partial charge in [-0.15, -0.1) is 11.3 Å². The molecule has 0 saturated carbocycles. The number of piperidine rings is 1. The van der Waals surface area contributed by atoms with Gasteiger partial charge in [-0.3, -0.25) is 0 Å². The summed E-state index contributed by atoms with van der Waals surface area (Å²) in [4.78, 5) is 11.6. The number of nitrogens with zero attached hydrogens (tertiary/aromatic N) is 4. The van der Waals surface area contributed by atoms with Crippen LogP contribution in [0.15, 0.2) is 5.38 Å². The fourth-order valence-electron chi connectivity index (χ4n) is 2.55. The molecule has 114 valence electrons. The minimum Gasteiger partial charge on any atom is -0.384 e. The molecule has 5 nitrogen and oxygen atoms in total. The van der Waals surface area contributed by atoms with Crippen LogP contribution in [-0.2, 0) is 11.2 Å². The van der Waals surface area contributed by atoms with Gasteiger partial charge in [0.15, 0.2) is 0 Å². The van der Waals surface area contributed by atoms with E-state index in [4.69, 9.17) is 4.74 Å². The average molecular weight is 324 g/mol. The second-order valence-corrected chi connectivity index (χ2v) is 6.94. The number of hydrogen-bond donors (Lipinski definition) is 0. The zero-order valence-corrected chi connectivity index (χ0v) is 14.0. The summed E-state index contributed by atoms with van der Waals surface area (Å²) >= 11 is 3.30. The topological polar surface area (TPSA) is 51.1 Å². The van der Waals surface area contributed by atoms with Crippen molar-refractivity contribution in [3.8, 4) is 0 Å². The van der Waals surface area contributed by atoms with Crippen LogP contribution in [0.3, 0.4) is 0 Å². The van der Waals surface area contributed by atoms with Crippen LogP contribution in [0, 0.1) is 6.92 Å². The molecule has 0 N–H and O–H groups in total. The van der Waals surface area contributed by atoms with E-state index in [2.05, 4.69) is 31.5 Å². The van der Waals surface area contributed by atoms with Crippen molar-refractivity contribution in [1.82, 2.24) is 14.3 Å². The summed E-state index contributed by atoms with van der Waals surface area (Å²) in [5, 5.41) is 4.49. The fraction of sp³-hybridized carbons (Fsp3) is 0.643. The van der Waals surface area contributed by atoms with Gasteiger partial charge in [-0.1, -0.05) is 0 Å². The number of anilines is 1. The van der Waals surface area contributed by atoms with Gasteiger partial charge in [0.1, 0.15) is 5.82 Å². The molecule has 0 spiro atoms. The third kappa shape index (κ3) is 3.59. The molecule has 1 fully saturated rings. The second-order valence-electron chi connectivity index (χ2n) is 5.32. The van der Waals surface area contributed by atoms with Gasteiger partial charge in [-0.2, -0.15) is 4.37 Å². The van der Waals surface area contributed by atoms with Crippen molar-refractivity contribution < 1.29 is 4.74 Å². The van der Waals surface area contributed by atoms with E-state index in [1.807, 2.05) is 0 Å². The number of thiazole rings is 1. The Morgan fingerprint density at radius 3 is 2.81 bits per heavy atom. The van der Waals surface area contributed by atoms with Gasteiger partial charge in [0.2, 0.25) is 5.13 Å². The summed E-state index contributed by atoms with van der Waals surface area (Å²) in [5.41, 5.74) is 1.14. The molecule has 2 aromatic heterocycles. The number of ether oxygens (including phenoxy) is 1. The smallest absolute Gasteiger partial charge is 0.205 e. The van der Waals surface area contributed by atoms with Crippen molar-refractivity contribution in [2.75, 3.05) is 31.7 Å². The fourth-order valence-corrected chi connectivity index (χ4v) is 4.28. The van der Waals surface area contributed by atoms with Gasteiger partial charge in [0.25, 0.3) is 0 Å². The van der Waals surface area contributed by atoms with E-state index in [0.29, 0.717) is 12.5 Å². The largest absolute Gasteiger partial charge is 0.384 e. The summed E-state index contributed by atoms with van der Waals surface area (Å²) in [6.45, 7) is 4.84. The molecule has 0 aliphatic carbocycles. The number of rotatable bonds is 5. The Morgan fingerprint density at radius 2 is 2.14 bits per heavy atom. The zero-order chi connectivity index (χ0) is 14.7. The highest BCUT2D eigenvalue weighted by Crippen LogP contribution is 2.32. The van der Waals surface area contributed by atoms with E-state index in [-0.39, 0.29) is 0 Å². The summed E-state index contributed by atoms with van der Waals surface area (Å²) < 4.78 is 9.48. The highest BCUT2D eigenvalue weighted by molar-refractivity contribution is 7.10. The van der Waals surface area contributed by atoms with Crippen LogP contribution in [0.4, 0.5) is 5.13 Å². The van der Waals surface area contributed by atoms with Gasteiger partial charge < -0.3 is 9.64 Å². The van der Waals surface area contributed by atoms with E-state index in [1.165, 1.54) is 16.5 Å². The number of methoxy groups -OCH3 is 1. The summed E-state index contributed by atoms with van der Waals surface area (Å²) in [5.74, 6) is 1.51. The molecule has 0 aromatic carbocycles. The van der Waals surface area contributed by atoms with Crippen LogP contribution in [0.2, 0.25) is 0 Å². The van der Waals surface area contributed by atoms with Gasteiger partial charge in [-0.05, 0) is 19.8 Å². The van der Waals surface area contributed by atoms with Crippen molar-refractivity contribution >= 4 is 28.0 Å². The highest BCUT2D eigenvalue weighted by Gasteiger charge is 2.24. The lowest BCUT2D eigenvalue weighted by molar-refractivity contribution is 0.201. The lowest BCUT2D eigenvalue weighted by Crippen LogP contribution is -2.32. The van der Waals surface area contributed by atoms with Crippen LogP contribution in [-0.4, -0.2) is 41.1 Å². The standard InChI is InChI=1S/C14H20N4OS2/c1-10-9-20-13(15-10)11-3-6-18(7-4-11)14-16-12(17-21-14)5-8-19-2/h9,11H,3-8H2,1-2H3. The molecule has 1 saturated heterocycles. The highest BCUT2D eigenvalue weighted by atomic mass is 32.1. The lowest BCUT2D eigenvalue weighted by Gasteiger charge is -2.30. The maximum Gasteiger partial charge on any atom is 0.205 e. The van der Waals surface area contributed by atoms with Crippen molar-refractivity contribution in [3.63, 3.8) is 0 Å². The van der Waals surface area contributed by atoms with Gasteiger partial charge in [-0.25, -0.2) is 9.97 Å². The Kier molecular flexibility index (Phi) is 4.82. The molecular formula is C14H20N4OS2. The maximum atomic E-state index is 5.07. The van der Waals surface area contributed by atoms with Crippen molar-refractivity contribution in [2.45, 2.75) is 32.1 Å². The van der Waals surface area contributed by atoms with Crippen LogP contribution in [0.5, 0.6) is 0 Å². The Morgan fingerprint density at radius 1 is 1.33 bits per heavy atom. The quantitative estimate of drug-likeness (QED) is 0.846. The summed E-state index contributed by atoms with van der Waals surface area (Å²) in [7, 11) is 1.71. The van der Waals surface area contributed by atoms with Crippen LogP contribution >= 0.6 is 22.9 Å². The first kappa shape index (κ1) is 14.9. The SMILES string of the molecule is COCCc1nsc(N2CCC(c3nc(C)cs3)CC2)n1. The van der Waals surface area contributed by atoms with Crippen molar-refractivity contribution in [3.05, 3.63) is 21.9 Å². The first-order chi connectivity index (χ1) is 10.3. The Labute approximate surface area is 133 Å². The van der Waals surface area contributed by atoms with E-state index in [1.54, 1.807) is 18.4 Å². The van der Waals surface area contributed by atoms with Crippen LogP contribution < -0.4 is 4.90 Å². The summed E-state index contributed by atoms with van der Waals surface area (Å²) in [6.07, 6.45) is 3.10. The van der Waals surface area contributed by atoms with E-state index in [9.17, 15) is 0 Å². The van der Waals surface area contributed by atoms with E-state index < -0.39 is 0 Å². The third-order valence-electron chi connectivity index (χ3n) is 3.74. The molecule has 3 rings (SSSR count). The third-order valence-corrected chi connectivity index (χ3v) is 5.68. The van der Waals surface area contributed by atoms with Crippen molar-refractivity contribution in [2.24, 2.45) is 0 Å². The normalized spacial score (nSPS) is 16.6. The molecule has 1 aliphatic heterocycles. The molecular weight excluding hydrogens is 304 g/mol. The minimum atomic E-state index is 0.612. The molecule has 0 atom stereocenters. The van der Waals surface area contributed by atoms with Gasteiger partial charge >= 0.3 is 0 Å². The van der Waals surface area contributed by atoms with Gasteiger partial charge in [0.05, 0.1) is 11.6 Å². The Hall–Kier alpha value is -1.05. The number of hydrogen-bond acceptors (Lipinski definition) is 7. The molecule has 0 unspecified atom stereocenters. The monoisotopic (exact) mass is 324 g/mol. The molecule has 21 heavy (non-hydrogen) atoms. The molecule has 2 aromatic rings. The van der Waals surface area contributed by atoms with Crippen molar-refractivity contribution in [1.29, 1.82) is 0 Å². The van der Waals surface area contributed by atoms with Crippen LogP contribution in [0.25, 0.3) is 0 Å². The molecule has 0 radical (unpaired) electrons. The Bertz CT molecular complexity index is 575. The Balaban J connectivity index is 1.56. The zero-order valence-electron chi connectivity index (χ0n) is 12.4. The molecule has 1 aliphatic rings. The maximum absolute atomic E-state index is 5.07. The second kappa shape index (κ2) is 6.81. The van der Waals surface area contributed by atoms with Crippen LogP contribution in [0.1, 0.15) is 35.3 Å². The predicted molar refractivity (Wildman–Crippen MR) is 86.5 cm³/mol. The first-order valence-corrected chi connectivity index (χ1v) is 8.90. The van der Waals surface area contributed by atoms with E-state index >= 15 is 0 Å².